The summed E-state index contributed by atoms with van der Waals surface area (Å²) in [6.45, 7) is 3.19. The number of nitrogens with one attached hydrogen (secondary N) is 1. The molecule has 0 atom stereocenters. The van der Waals surface area contributed by atoms with Gasteiger partial charge in [-0.2, -0.15) is 4.31 Å². The van der Waals surface area contributed by atoms with E-state index in [9.17, 15) is 13.2 Å². The maximum Gasteiger partial charge on any atom is 0.252 e. The van der Waals surface area contributed by atoms with Crippen LogP contribution in [0.5, 0.6) is 0 Å². The molecule has 7 nitrogen and oxygen atoms in total. The summed E-state index contributed by atoms with van der Waals surface area (Å²) in [5, 5.41) is 3.57. The first-order valence-corrected chi connectivity index (χ1v) is 12.5. The monoisotopic (exact) mass is 450 g/mol. The minimum Gasteiger partial charge on any atom is -0.349 e. The zero-order chi connectivity index (χ0) is 22.3. The third-order valence-corrected chi connectivity index (χ3v) is 8.17. The van der Waals surface area contributed by atoms with Crippen LogP contribution in [0.1, 0.15) is 43.0 Å². The van der Waals surface area contributed by atoms with Gasteiger partial charge in [0.2, 0.25) is 10.0 Å². The van der Waals surface area contributed by atoms with Gasteiger partial charge >= 0.3 is 0 Å². The van der Waals surface area contributed by atoms with Gasteiger partial charge in [-0.1, -0.05) is 6.92 Å². The Labute approximate surface area is 187 Å². The van der Waals surface area contributed by atoms with E-state index in [2.05, 4.69) is 17.2 Å². The van der Waals surface area contributed by atoms with Gasteiger partial charge in [-0.05, 0) is 68.0 Å². The first kappa shape index (κ1) is 21.0. The normalized spacial score (nSPS) is 18.0. The Morgan fingerprint density at radius 1 is 1.09 bits per heavy atom. The molecule has 0 bridgehead atoms. The van der Waals surface area contributed by atoms with Gasteiger partial charge in [-0.15, -0.1) is 0 Å². The summed E-state index contributed by atoms with van der Waals surface area (Å²) in [4.78, 5) is 22.1. The molecule has 0 spiro atoms. The first-order valence-electron chi connectivity index (χ1n) is 11.1. The number of nitrogens with zero attached hydrogens (tertiary/aromatic N) is 3. The predicted molar refractivity (Wildman–Crippen MR) is 123 cm³/mol. The Balaban J connectivity index is 1.60. The molecule has 1 aliphatic heterocycles. The van der Waals surface area contributed by atoms with Crippen molar-refractivity contribution >= 4 is 26.8 Å². The van der Waals surface area contributed by atoms with E-state index >= 15 is 0 Å². The molecule has 1 saturated heterocycles. The van der Waals surface area contributed by atoms with Crippen LogP contribution in [0.25, 0.3) is 22.2 Å². The summed E-state index contributed by atoms with van der Waals surface area (Å²) >= 11 is 0. The maximum atomic E-state index is 13.3. The SMILES string of the molecule is CC1CCN(S(=O)(=O)c2ccc3nc(-c4cccnc4)cc(C(=O)NC4CC4)c3c2)CC1. The number of piperidine rings is 1. The molecule has 2 fully saturated rings. The summed E-state index contributed by atoms with van der Waals surface area (Å²) in [6, 6.07) is 10.5. The van der Waals surface area contributed by atoms with Crippen LogP contribution in [-0.4, -0.2) is 47.7 Å². The number of hydrogen-bond donors (Lipinski definition) is 1. The van der Waals surface area contributed by atoms with Gasteiger partial charge < -0.3 is 5.32 Å². The Hall–Kier alpha value is -2.84. The lowest BCUT2D eigenvalue weighted by molar-refractivity contribution is 0.0952. The standard InChI is InChI=1S/C24H26N4O3S/c1-16-8-11-28(12-9-16)32(30,31)19-6-7-22-20(13-19)21(24(29)26-18-4-5-18)14-23(27-22)17-3-2-10-25-15-17/h2-3,6-7,10,13-16,18H,4-5,8-9,11-12H2,1H3,(H,26,29). The molecular formula is C24H26N4O3S. The third kappa shape index (κ3) is 4.12. The van der Waals surface area contributed by atoms with E-state index in [-0.39, 0.29) is 16.8 Å². The molecule has 1 aromatic carbocycles. The van der Waals surface area contributed by atoms with Crippen molar-refractivity contribution in [3.8, 4) is 11.3 Å². The number of hydrogen-bond acceptors (Lipinski definition) is 5. The molecule has 8 heteroatoms. The fourth-order valence-corrected chi connectivity index (χ4v) is 5.58. The maximum absolute atomic E-state index is 13.3. The second-order valence-corrected chi connectivity index (χ2v) is 10.7. The number of benzene rings is 1. The van der Waals surface area contributed by atoms with Gasteiger partial charge in [0, 0.05) is 42.5 Å². The topological polar surface area (TPSA) is 92.3 Å². The third-order valence-electron chi connectivity index (χ3n) is 6.28. The largest absolute Gasteiger partial charge is 0.349 e. The van der Waals surface area contributed by atoms with Crippen molar-refractivity contribution in [3.63, 3.8) is 0 Å². The van der Waals surface area contributed by atoms with Crippen LogP contribution in [-0.2, 0) is 10.0 Å². The van der Waals surface area contributed by atoms with Crippen molar-refractivity contribution in [2.45, 2.75) is 43.5 Å². The number of rotatable bonds is 5. The molecule has 2 aromatic heterocycles. The van der Waals surface area contributed by atoms with Crippen molar-refractivity contribution in [2.24, 2.45) is 5.92 Å². The van der Waals surface area contributed by atoms with E-state index < -0.39 is 10.0 Å². The number of pyridine rings is 2. The van der Waals surface area contributed by atoms with Gasteiger partial charge in [-0.25, -0.2) is 13.4 Å². The minimum absolute atomic E-state index is 0.190. The van der Waals surface area contributed by atoms with Crippen LogP contribution in [0.15, 0.2) is 53.7 Å². The fourth-order valence-electron chi connectivity index (χ4n) is 4.08. The molecule has 1 saturated carbocycles. The van der Waals surface area contributed by atoms with Crippen molar-refractivity contribution in [1.82, 2.24) is 19.6 Å². The molecule has 5 rings (SSSR count). The Kier molecular flexibility index (Phi) is 5.43. The molecule has 166 valence electrons. The average Bonchev–Trinajstić information content (AvgIpc) is 3.62. The quantitative estimate of drug-likeness (QED) is 0.641. The second kappa shape index (κ2) is 8.26. The number of sulfonamides is 1. The fraction of sp³-hybridized carbons (Fsp3) is 0.375. The molecular weight excluding hydrogens is 424 g/mol. The van der Waals surface area contributed by atoms with Crippen molar-refractivity contribution in [1.29, 1.82) is 0 Å². The molecule has 1 amide bonds. The zero-order valence-electron chi connectivity index (χ0n) is 18.0. The van der Waals surface area contributed by atoms with Gasteiger partial charge in [0.05, 0.1) is 21.7 Å². The molecule has 32 heavy (non-hydrogen) atoms. The lowest BCUT2D eigenvalue weighted by atomic mass is 10.0. The summed E-state index contributed by atoms with van der Waals surface area (Å²) in [7, 11) is -3.63. The van der Waals surface area contributed by atoms with Gasteiger partial charge in [0.25, 0.3) is 5.91 Å². The molecule has 1 N–H and O–H groups in total. The molecule has 0 radical (unpaired) electrons. The number of carbonyl (C=O) groups is 1. The van der Waals surface area contributed by atoms with Gasteiger partial charge in [0.15, 0.2) is 0 Å². The second-order valence-electron chi connectivity index (χ2n) is 8.81. The van der Waals surface area contributed by atoms with Gasteiger partial charge in [0.1, 0.15) is 0 Å². The molecule has 3 heterocycles. The Bertz CT molecular complexity index is 1270. The van der Waals surface area contributed by atoms with E-state index in [1.54, 1.807) is 41.0 Å². The highest BCUT2D eigenvalue weighted by Gasteiger charge is 2.29. The summed E-state index contributed by atoms with van der Waals surface area (Å²) < 4.78 is 28.1. The highest BCUT2D eigenvalue weighted by atomic mass is 32.2. The highest BCUT2D eigenvalue weighted by Crippen LogP contribution is 2.30. The summed E-state index contributed by atoms with van der Waals surface area (Å²) in [5.74, 6) is 0.331. The van der Waals surface area contributed by atoms with Gasteiger partial charge in [-0.3, -0.25) is 9.78 Å². The smallest absolute Gasteiger partial charge is 0.252 e. The summed E-state index contributed by atoms with van der Waals surface area (Å²) in [6.07, 6.45) is 7.04. The van der Waals surface area contributed by atoms with E-state index in [0.29, 0.717) is 41.2 Å². The number of fused-ring (bicyclic) bond motifs is 1. The van der Waals surface area contributed by atoms with E-state index in [1.165, 1.54) is 0 Å². The van der Waals surface area contributed by atoms with E-state index in [4.69, 9.17) is 4.98 Å². The van der Waals surface area contributed by atoms with Crippen LogP contribution in [0.4, 0.5) is 0 Å². The minimum atomic E-state index is -3.63. The number of carbonyl (C=O) groups excluding carboxylic acids is 1. The van der Waals surface area contributed by atoms with Crippen LogP contribution >= 0.6 is 0 Å². The van der Waals surface area contributed by atoms with Crippen LogP contribution < -0.4 is 5.32 Å². The van der Waals surface area contributed by atoms with Crippen molar-refractivity contribution < 1.29 is 13.2 Å². The van der Waals surface area contributed by atoms with Crippen LogP contribution in [0, 0.1) is 5.92 Å². The van der Waals surface area contributed by atoms with Crippen LogP contribution in [0.2, 0.25) is 0 Å². The molecule has 3 aromatic rings. The Morgan fingerprint density at radius 2 is 1.88 bits per heavy atom. The lowest BCUT2D eigenvalue weighted by Gasteiger charge is -2.29. The molecule has 0 unspecified atom stereocenters. The molecule has 1 aliphatic carbocycles. The zero-order valence-corrected chi connectivity index (χ0v) is 18.8. The number of aromatic nitrogens is 2. The summed E-state index contributed by atoms with van der Waals surface area (Å²) in [5.41, 5.74) is 2.45. The van der Waals surface area contributed by atoms with Crippen molar-refractivity contribution in [3.05, 3.63) is 54.4 Å². The predicted octanol–water partition coefficient (Wildman–Crippen LogP) is 3.61. The highest BCUT2D eigenvalue weighted by molar-refractivity contribution is 7.89. The van der Waals surface area contributed by atoms with E-state index in [0.717, 1.165) is 31.2 Å². The average molecular weight is 451 g/mol. The van der Waals surface area contributed by atoms with Crippen LogP contribution in [0.3, 0.4) is 0 Å². The lowest BCUT2D eigenvalue weighted by Crippen LogP contribution is -2.37. The van der Waals surface area contributed by atoms with Crippen molar-refractivity contribution in [2.75, 3.05) is 13.1 Å². The first-order chi connectivity index (χ1) is 15.4. The number of amides is 1. The van der Waals surface area contributed by atoms with E-state index in [1.807, 2.05) is 12.1 Å². The molecule has 2 aliphatic rings. The Morgan fingerprint density at radius 3 is 2.56 bits per heavy atom.